The molecule has 33 heavy (non-hydrogen) atoms. The van der Waals surface area contributed by atoms with Crippen LogP contribution < -0.4 is 10.6 Å². The number of thiocarbonyl (C=S) groups is 1. The number of hydrogen-bond acceptors (Lipinski definition) is 6. The second kappa shape index (κ2) is 10.3. The molecule has 2 heterocycles. The summed E-state index contributed by atoms with van der Waals surface area (Å²) in [6.45, 7) is 2.39. The van der Waals surface area contributed by atoms with E-state index in [1.165, 1.54) is 29.8 Å². The molecule has 0 aliphatic rings. The van der Waals surface area contributed by atoms with E-state index in [0.717, 1.165) is 16.0 Å². The standard InChI is InChI=1S/C23H20FN5O2S2/c1-2-31-21(30)18-12-19(16-8-4-3-5-9-16)33-20(18)26-23(32)27-22-25-14-29(28-22)13-15-7-6-10-17(24)11-15/h3-12,14H,2,13H2,1H3,(H2,26,27,28,32). The molecule has 0 atom stereocenters. The molecule has 10 heteroatoms. The van der Waals surface area contributed by atoms with Gasteiger partial charge in [0.1, 0.15) is 17.1 Å². The predicted octanol–water partition coefficient (Wildman–Crippen LogP) is 5.18. The zero-order chi connectivity index (χ0) is 23.2. The van der Waals surface area contributed by atoms with E-state index in [0.29, 0.717) is 17.1 Å². The van der Waals surface area contributed by atoms with Crippen LogP contribution in [0.3, 0.4) is 0 Å². The van der Waals surface area contributed by atoms with Gasteiger partial charge in [0.15, 0.2) is 5.11 Å². The number of hydrogen-bond donors (Lipinski definition) is 2. The van der Waals surface area contributed by atoms with Crippen molar-refractivity contribution in [3.8, 4) is 10.4 Å². The molecular formula is C23H20FN5O2S2. The summed E-state index contributed by atoms with van der Waals surface area (Å²) < 4.78 is 20.2. The highest BCUT2D eigenvalue weighted by molar-refractivity contribution is 7.80. The molecule has 0 bridgehead atoms. The number of benzene rings is 2. The summed E-state index contributed by atoms with van der Waals surface area (Å²) in [5.74, 6) is -0.459. The Morgan fingerprint density at radius 3 is 2.73 bits per heavy atom. The molecule has 0 saturated carbocycles. The Balaban J connectivity index is 1.47. The lowest BCUT2D eigenvalue weighted by atomic mass is 10.1. The van der Waals surface area contributed by atoms with Gasteiger partial charge in [-0.3, -0.25) is 5.32 Å². The first kappa shape index (κ1) is 22.6. The number of thiophene rings is 1. The first-order valence-corrected chi connectivity index (χ1v) is 11.3. The Labute approximate surface area is 199 Å². The average Bonchev–Trinajstić information content (AvgIpc) is 3.41. The summed E-state index contributed by atoms with van der Waals surface area (Å²) in [6, 6.07) is 17.8. The molecule has 0 unspecified atom stereocenters. The molecule has 0 amide bonds. The Morgan fingerprint density at radius 1 is 1.15 bits per heavy atom. The largest absolute Gasteiger partial charge is 0.462 e. The van der Waals surface area contributed by atoms with E-state index in [1.807, 2.05) is 36.4 Å². The van der Waals surface area contributed by atoms with E-state index in [9.17, 15) is 9.18 Å². The number of ether oxygens (including phenoxy) is 1. The van der Waals surface area contributed by atoms with Crippen LogP contribution in [0.25, 0.3) is 10.4 Å². The molecule has 0 radical (unpaired) electrons. The minimum atomic E-state index is -0.432. The van der Waals surface area contributed by atoms with Gasteiger partial charge in [0.05, 0.1) is 18.7 Å². The molecular weight excluding hydrogens is 461 g/mol. The first-order valence-electron chi connectivity index (χ1n) is 10.1. The lowest BCUT2D eigenvalue weighted by Gasteiger charge is -2.08. The maximum atomic E-state index is 13.4. The van der Waals surface area contributed by atoms with Crippen molar-refractivity contribution in [1.82, 2.24) is 14.8 Å². The van der Waals surface area contributed by atoms with Crippen molar-refractivity contribution in [3.63, 3.8) is 0 Å². The van der Waals surface area contributed by atoms with Crippen LogP contribution in [0.4, 0.5) is 15.3 Å². The third-order valence-corrected chi connectivity index (χ3v) is 5.81. The summed E-state index contributed by atoms with van der Waals surface area (Å²) in [5.41, 5.74) is 2.14. The number of anilines is 2. The van der Waals surface area contributed by atoms with Crippen LogP contribution in [0, 0.1) is 5.82 Å². The van der Waals surface area contributed by atoms with Gasteiger partial charge in [-0.05, 0) is 48.5 Å². The van der Waals surface area contributed by atoms with Crippen molar-refractivity contribution in [3.05, 3.63) is 83.9 Å². The minimum Gasteiger partial charge on any atom is -0.462 e. The number of aromatic nitrogens is 3. The number of rotatable bonds is 7. The highest BCUT2D eigenvalue weighted by Crippen LogP contribution is 2.36. The van der Waals surface area contributed by atoms with Crippen LogP contribution in [0.2, 0.25) is 0 Å². The first-order chi connectivity index (χ1) is 16.0. The summed E-state index contributed by atoms with van der Waals surface area (Å²) in [7, 11) is 0. The zero-order valence-corrected chi connectivity index (χ0v) is 19.3. The second-order valence-electron chi connectivity index (χ2n) is 6.91. The van der Waals surface area contributed by atoms with Crippen LogP contribution >= 0.6 is 23.6 Å². The smallest absolute Gasteiger partial charge is 0.341 e. The number of nitrogens with zero attached hydrogens (tertiary/aromatic N) is 3. The Bertz CT molecular complexity index is 1270. The molecule has 4 rings (SSSR count). The molecule has 2 N–H and O–H groups in total. The van der Waals surface area contributed by atoms with Crippen LogP contribution in [0.15, 0.2) is 67.0 Å². The van der Waals surface area contributed by atoms with Gasteiger partial charge in [-0.1, -0.05) is 42.5 Å². The molecule has 2 aromatic heterocycles. The van der Waals surface area contributed by atoms with Gasteiger partial charge in [0.25, 0.3) is 0 Å². The molecule has 4 aromatic rings. The normalized spacial score (nSPS) is 10.6. The Kier molecular flexibility index (Phi) is 7.06. The SMILES string of the molecule is CCOC(=O)c1cc(-c2ccccc2)sc1NC(=S)Nc1ncn(Cc2cccc(F)c2)n1. The maximum absolute atomic E-state index is 13.4. The van der Waals surface area contributed by atoms with Gasteiger partial charge in [-0.2, -0.15) is 0 Å². The molecule has 168 valence electrons. The molecule has 0 aliphatic carbocycles. The highest BCUT2D eigenvalue weighted by atomic mass is 32.1. The zero-order valence-electron chi connectivity index (χ0n) is 17.6. The molecule has 0 saturated heterocycles. The van der Waals surface area contributed by atoms with Crippen molar-refractivity contribution in [2.45, 2.75) is 13.5 Å². The van der Waals surface area contributed by atoms with Gasteiger partial charge < -0.3 is 10.1 Å². The topological polar surface area (TPSA) is 81.1 Å². The fourth-order valence-electron chi connectivity index (χ4n) is 3.08. The molecule has 0 spiro atoms. The van der Waals surface area contributed by atoms with Crippen LogP contribution in [0.5, 0.6) is 0 Å². The summed E-state index contributed by atoms with van der Waals surface area (Å²) >= 11 is 6.80. The molecule has 7 nitrogen and oxygen atoms in total. The van der Waals surface area contributed by atoms with Crippen molar-refractivity contribution in [1.29, 1.82) is 0 Å². The van der Waals surface area contributed by atoms with E-state index in [-0.39, 0.29) is 23.5 Å². The number of carbonyl (C=O) groups excluding carboxylic acids is 1. The van der Waals surface area contributed by atoms with E-state index < -0.39 is 5.97 Å². The van der Waals surface area contributed by atoms with Crippen LogP contribution in [-0.2, 0) is 11.3 Å². The van der Waals surface area contributed by atoms with Crippen LogP contribution in [-0.4, -0.2) is 32.5 Å². The third-order valence-electron chi connectivity index (χ3n) is 4.51. The van der Waals surface area contributed by atoms with Gasteiger partial charge in [0, 0.05) is 4.88 Å². The molecule has 2 aromatic carbocycles. The monoisotopic (exact) mass is 481 g/mol. The number of esters is 1. The summed E-state index contributed by atoms with van der Waals surface area (Å²) in [5, 5.41) is 11.1. The van der Waals surface area contributed by atoms with E-state index in [2.05, 4.69) is 20.7 Å². The number of halogens is 1. The quantitative estimate of drug-likeness (QED) is 0.278. The fraction of sp³-hybridized carbons (Fsp3) is 0.130. The lowest BCUT2D eigenvalue weighted by Crippen LogP contribution is -2.21. The van der Waals surface area contributed by atoms with E-state index in [4.69, 9.17) is 17.0 Å². The number of nitrogens with one attached hydrogen (secondary N) is 2. The molecule has 0 fully saturated rings. The minimum absolute atomic E-state index is 0.227. The Hall–Kier alpha value is -3.63. The lowest BCUT2D eigenvalue weighted by molar-refractivity contribution is 0.0528. The van der Waals surface area contributed by atoms with Crippen molar-refractivity contribution in [2.75, 3.05) is 17.2 Å². The summed E-state index contributed by atoms with van der Waals surface area (Å²) in [6.07, 6.45) is 1.53. The maximum Gasteiger partial charge on any atom is 0.341 e. The Morgan fingerprint density at radius 2 is 1.97 bits per heavy atom. The fourth-order valence-corrected chi connectivity index (χ4v) is 4.39. The van der Waals surface area contributed by atoms with Crippen molar-refractivity contribution in [2.24, 2.45) is 0 Å². The van der Waals surface area contributed by atoms with Gasteiger partial charge in [0.2, 0.25) is 5.95 Å². The van der Waals surface area contributed by atoms with Crippen molar-refractivity contribution < 1.29 is 13.9 Å². The molecule has 0 aliphatic heterocycles. The second-order valence-corrected chi connectivity index (χ2v) is 8.38. The van der Waals surface area contributed by atoms with Gasteiger partial charge >= 0.3 is 5.97 Å². The average molecular weight is 482 g/mol. The van der Waals surface area contributed by atoms with Crippen LogP contribution in [0.1, 0.15) is 22.8 Å². The van der Waals surface area contributed by atoms with E-state index >= 15 is 0 Å². The van der Waals surface area contributed by atoms with E-state index in [1.54, 1.807) is 23.7 Å². The third kappa shape index (κ3) is 5.79. The predicted molar refractivity (Wildman–Crippen MR) is 131 cm³/mol. The highest BCUT2D eigenvalue weighted by Gasteiger charge is 2.19. The van der Waals surface area contributed by atoms with Gasteiger partial charge in [-0.15, -0.1) is 16.4 Å². The van der Waals surface area contributed by atoms with Crippen molar-refractivity contribution >= 4 is 45.6 Å². The van der Waals surface area contributed by atoms with Gasteiger partial charge in [-0.25, -0.2) is 18.9 Å². The number of carbonyl (C=O) groups is 1. The summed E-state index contributed by atoms with van der Waals surface area (Å²) in [4.78, 5) is 17.6.